The maximum atomic E-state index is 13.3. The van der Waals surface area contributed by atoms with E-state index in [0.29, 0.717) is 21.8 Å². The van der Waals surface area contributed by atoms with E-state index in [9.17, 15) is 13.8 Å². The number of ether oxygens (including phenoxy) is 1. The number of carbonyl (C=O) groups is 1. The van der Waals surface area contributed by atoms with E-state index in [-0.39, 0.29) is 23.1 Å². The Bertz CT molecular complexity index is 1480. The van der Waals surface area contributed by atoms with Gasteiger partial charge in [0.1, 0.15) is 11.2 Å². The fourth-order valence-corrected chi connectivity index (χ4v) is 6.89. The Balaban J connectivity index is 1.67. The van der Waals surface area contributed by atoms with Crippen molar-refractivity contribution < 1.29 is 13.7 Å². The highest BCUT2D eigenvalue weighted by atomic mass is 32.2. The Morgan fingerprint density at radius 1 is 1.17 bits per heavy atom. The van der Waals surface area contributed by atoms with Crippen LogP contribution in [0.4, 0.5) is 5.69 Å². The summed E-state index contributed by atoms with van der Waals surface area (Å²) in [6.45, 7) is 4.25. The van der Waals surface area contributed by atoms with Crippen LogP contribution in [0.2, 0.25) is 0 Å². The number of fused-ring (bicyclic) bond motifs is 1. The second kappa shape index (κ2) is 9.42. The summed E-state index contributed by atoms with van der Waals surface area (Å²) in [5.74, 6) is 0.203. The molecule has 2 fully saturated rings. The molecular formula is C27H34N4O4S. The summed E-state index contributed by atoms with van der Waals surface area (Å²) in [5.41, 5.74) is 2.67. The Hall–Kier alpha value is -3.07. The van der Waals surface area contributed by atoms with Gasteiger partial charge in [0.15, 0.2) is 0 Å². The molecule has 0 amide bonds. The number of aryl methyl sites for hydroxylation is 1. The molecule has 9 heteroatoms. The lowest BCUT2D eigenvalue weighted by Gasteiger charge is -2.29. The van der Waals surface area contributed by atoms with E-state index in [1.54, 1.807) is 26.2 Å². The summed E-state index contributed by atoms with van der Waals surface area (Å²) in [7, 11) is -1.24. The van der Waals surface area contributed by atoms with Crippen LogP contribution in [0, 0.1) is 10.7 Å². The van der Waals surface area contributed by atoms with Gasteiger partial charge in [0.05, 0.1) is 16.3 Å². The van der Waals surface area contributed by atoms with Crippen molar-refractivity contribution in [2.45, 2.75) is 68.6 Å². The van der Waals surface area contributed by atoms with Gasteiger partial charge >= 0.3 is 5.97 Å². The van der Waals surface area contributed by atoms with Crippen molar-refractivity contribution in [2.75, 3.05) is 11.9 Å². The number of hydrogen-bond acceptors (Lipinski definition) is 6. The van der Waals surface area contributed by atoms with Gasteiger partial charge in [-0.2, -0.15) is 0 Å². The molecule has 2 aliphatic carbocycles. The zero-order valence-electron chi connectivity index (χ0n) is 21.1. The zero-order chi connectivity index (χ0) is 25.6. The molecule has 3 N–H and O–H groups in total. The second-order valence-corrected chi connectivity index (χ2v) is 12.6. The minimum atomic E-state index is -2.92. The van der Waals surface area contributed by atoms with Crippen LogP contribution in [0.25, 0.3) is 22.0 Å². The lowest BCUT2D eigenvalue weighted by molar-refractivity contribution is 0.0520. The highest BCUT2D eigenvalue weighted by molar-refractivity contribution is 7.93. The van der Waals surface area contributed by atoms with E-state index in [2.05, 4.69) is 17.2 Å². The van der Waals surface area contributed by atoms with Crippen molar-refractivity contribution in [1.29, 1.82) is 4.78 Å². The summed E-state index contributed by atoms with van der Waals surface area (Å²) >= 11 is 0. The van der Waals surface area contributed by atoms with E-state index in [1.165, 1.54) is 4.57 Å². The first-order valence-electron chi connectivity index (χ1n) is 12.8. The van der Waals surface area contributed by atoms with Gasteiger partial charge in [-0.15, -0.1) is 0 Å². The highest BCUT2D eigenvalue weighted by Crippen LogP contribution is 2.40. The number of nitrogens with one attached hydrogen (secondary N) is 3. The smallest absolute Gasteiger partial charge is 0.354 e. The minimum Gasteiger partial charge on any atom is -0.461 e. The third kappa shape index (κ3) is 4.56. The van der Waals surface area contributed by atoms with Gasteiger partial charge < -0.3 is 19.6 Å². The fourth-order valence-electron chi connectivity index (χ4n) is 5.14. The average Bonchev–Trinajstić information content (AvgIpc) is 3.63. The molecule has 8 nitrogen and oxygen atoms in total. The molecule has 36 heavy (non-hydrogen) atoms. The number of esters is 1. The lowest BCUT2D eigenvalue weighted by Crippen LogP contribution is -2.25. The molecule has 192 valence electrons. The van der Waals surface area contributed by atoms with Crippen LogP contribution in [0.1, 0.15) is 62.9 Å². The van der Waals surface area contributed by atoms with Crippen LogP contribution in [0.15, 0.2) is 40.2 Å². The number of benzene rings is 1. The number of aromatic nitrogens is 2. The lowest BCUT2D eigenvalue weighted by atomic mass is 9.87. The number of carbonyl (C=O) groups excluding carboxylic acids is 1. The normalized spacial score (nSPS) is 21.8. The molecule has 1 atom stereocenters. The van der Waals surface area contributed by atoms with Crippen LogP contribution in [0.5, 0.6) is 0 Å². The molecule has 0 radical (unpaired) electrons. The second-order valence-electron chi connectivity index (χ2n) is 10.3. The molecule has 3 aromatic rings. The molecule has 0 spiro atoms. The summed E-state index contributed by atoms with van der Waals surface area (Å²) in [6, 6.07) is 7.55. The molecule has 0 saturated heterocycles. The summed E-state index contributed by atoms with van der Waals surface area (Å²) in [6.07, 6.45) is 7.84. The zero-order valence-corrected chi connectivity index (χ0v) is 21.9. The first kappa shape index (κ1) is 24.6. The summed E-state index contributed by atoms with van der Waals surface area (Å²) in [5, 5.41) is 4.19. The number of rotatable bonds is 7. The SMILES string of the molecule is CCOC(=O)c1cc2c(-c3cc(S(=N)(=O)C4CC4)ccc3NC3CCC(C)CC3)cn(C)c(=O)c2[nH]1. The van der Waals surface area contributed by atoms with Crippen LogP contribution < -0.4 is 10.9 Å². The fraction of sp³-hybridized carbons (Fsp3) is 0.481. The molecule has 0 aliphatic heterocycles. The Morgan fingerprint density at radius 3 is 2.56 bits per heavy atom. The van der Waals surface area contributed by atoms with Gasteiger partial charge in [0.25, 0.3) is 5.56 Å². The minimum absolute atomic E-state index is 0.105. The quantitative estimate of drug-likeness (QED) is 0.374. The summed E-state index contributed by atoms with van der Waals surface area (Å²) < 4.78 is 28.6. The van der Waals surface area contributed by atoms with Crippen molar-refractivity contribution >= 4 is 32.3 Å². The molecule has 1 unspecified atom stereocenters. The number of anilines is 1. The number of aromatic amines is 1. The van der Waals surface area contributed by atoms with E-state index >= 15 is 0 Å². The summed E-state index contributed by atoms with van der Waals surface area (Å²) in [4.78, 5) is 28.9. The van der Waals surface area contributed by atoms with Gasteiger partial charge in [-0.25, -0.2) is 13.8 Å². The molecule has 2 aliphatic rings. The van der Waals surface area contributed by atoms with Crippen LogP contribution in [-0.4, -0.2) is 37.6 Å². The third-order valence-corrected chi connectivity index (χ3v) is 9.83. The van der Waals surface area contributed by atoms with Crippen molar-refractivity contribution in [1.82, 2.24) is 9.55 Å². The van der Waals surface area contributed by atoms with E-state index in [1.807, 2.05) is 18.2 Å². The van der Waals surface area contributed by atoms with Gasteiger partial charge in [-0.3, -0.25) is 4.79 Å². The van der Waals surface area contributed by atoms with Gasteiger partial charge in [0.2, 0.25) is 0 Å². The third-order valence-electron chi connectivity index (χ3n) is 7.46. The first-order chi connectivity index (χ1) is 17.2. The predicted molar refractivity (Wildman–Crippen MR) is 142 cm³/mol. The van der Waals surface area contributed by atoms with Gasteiger partial charge in [-0.1, -0.05) is 6.92 Å². The maximum Gasteiger partial charge on any atom is 0.354 e. The Kier molecular flexibility index (Phi) is 6.44. The molecule has 0 bridgehead atoms. The average molecular weight is 511 g/mol. The standard InChI is InChI=1S/C27H34N4O4S/c1-4-35-27(33)24-14-21-22(15-31(3)26(32)25(21)30-24)20-13-19(36(28,34)18-9-10-18)11-12-23(20)29-17-7-5-16(2)6-8-17/h11-18,28-30H,4-10H2,1-3H3. The van der Waals surface area contributed by atoms with Crippen molar-refractivity contribution in [3.63, 3.8) is 0 Å². The molecule has 2 heterocycles. The monoisotopic (exact) mass is 510 g/mol. The van der Waals surface area contributed by atoms with Crippen molar-refractivity contribution in [3.8, 4) is 11.1 Å². The van der Waals surface area contributed by atoms with Gasteiger partial charge in [-0.05, 0) is 75.6 Å². The Morgan fingerprint density at radius 2 is 1.89 bits per heavy atom. The first-order valence-corrected chi connectivity index (χ1v) is 14.4. The van der Waals surface area contributed by atoms with Crippen LogP contribution >= 0.6 is 0 Å². The van der Waals surface area contributed by atoms with Crippen LogP contribution in [-0.2, 0) is 21.5 Å². The molecule has 5 rings (SSSR count). The van der Waals surface area contributed by atoms with Gasteiger partial charge in [0, 0.05) is 51.6 Å². The topological polar surface area (TPSA) is 117 Å². The Labute approximate surface area is 211 Å². The number of nitrogens with zero attached hydrogens (tertiary/aromatic N) is 1. The van der Waals surface area contributed by atoms with E-state index in [4.69, 9.17) is 9.52 Å². The van der Waals surface area contributed by atoms with E-state index in [0.717, 1.165) is 61.3 Å². The molecular weight excluding hydrogens is 476 g/mol. The predicted octanol–water partition coefficient (Wildman–Crippen LogP) is 5.27. The number of hydrogen-bond donors (Lipinski definition) is 3. The van der Waals surface area contributed by atoms with E-state index < -0.39 is 15.7 Å². The van der Waals surface area contributed by atoms with Crippen molar-refractivity contribution in [2.24, 2.45) is 13.0 Å². The maximum absolute atomic E-state index is 13.3. The highest BCUT2D eigenvalue weighted by Gasteiger charge is 2.34. The van der Waals surface area contributed by atoms with Crippen LogP contribution in [0.3, 0.4) is 0 Å². The number of H-pyrrole nitrogens is 1. The largest absolute Gasteiger partial charge is 0.461 e. The molecule has 1 aromatic carbocycles. The van der Waals surface area contributed by atoms with Crippen molar-refractivity contribution in [3.05, 3.63) is 46.5 Å². The molecule has 2 aromatic heterocycles. The molecule has 2 saturated carbocycles. The number of pyridine rings is 1.